The highest BCUT2D eigenvalue weighted by molar-refractivity contribution is 5.73. The van der Waals surface area contributed by atoms with Crippen LogP contribution in [0.4, 0.5) is 5.69 Å². The van der Waals surface area contributed by atoms with Gasteiger partial charge in [0.25, 0.3) is 0 Å². The maximum atomic E-state index is 11.4. The van der Waals surface area contributed by atoms with Crippen molar-refractivity contribution in [1.29, 1.82) is 5.26 Å². The molecule has 1 aromatic rings. The molecule has 4 nitrogen and oxygen atoms in total. The fourth-order valence-corrected chi connectivity index (χ4v) is 1.65. The monoisotopic (exact) mass is 231 g/mol. The van der Waals surface area contributed by atoms with Crippen molar-refractivity contribution in [3.63, 3.8) is 0 Å². The van der Waals surface area contributed by atoms with Crippen molar-refractivity contribution in [1.82, 2.24) is 4.90 Å². The molecular formula is C13H17N3O. The highest BCUT2D eigenvalue weighted by Gasteiger charge is 2.13. The lowest BCUT2D eigenvalue weighted by Crippen LogP contribution is -2.34. The molecule has 1 rings (SSSR count). The Morgan fingerprint density at radius 1 is 1.53 bits per heavy atom. The first-order valence-corrected chi connectivity index (χ1v) is 5.51. The molecule has 90 valence electrons. The van der Waals surface area contributed by atoms with Gasteiger partial charge in [0.1, 0.15) is 6.07 Å². The fourth-order valence-electron chi connectivity index (χ4n) is 1.65. The Morgan fingerprint density at radius 3 is 2.65 bits per heavy atom. The van der Waals surface area contributed by atoms with Crippen LogP contribution in [0.5, 0.6) is 0 Å². The van der Waals surface area contributed by atoms with Crippen LogP contribution in [0.15, 0.2) is 18.2 Å². The Kier molecular flexibility index (Phi) is 4.11. The van der Waals surface area contributed by atoms with E-state index in [1.165, 1.54) is 0 Å². The lowest BCUT2D eigenvalue weighted by molar-refractivity contribution is -0.131. The minimum absolute atomic E-state index is 0.0235. The quantitative estimate of drug-likeness (QED) is 0.808. The first kappa shape index (κ1) is 13.0. The van der Waals surface area contributed by atoms with Crippen LogP contribution in [0, 0.1) is 11.3 Å². The summed E-state index contributed by atoms with van der Waals surface area (Å²) >= 11 is 0. The summed E-state index contributed by atoms with van der Waals surface area (Å²) in [7, 11) is 0. The molecule has 0 heterocycles. The predicted molar refractivity (Wildman–Crippen MR) is 66.9 cm³/mol. The number of rotatable bonds is 3. The lowest BCUT2D eigenvalue weighted by atomic mass is 10.1. The van der Waals surface area contributed by atoms with Crippen molar-refractivity contribution in [3.8, 4) is 6.07 Å². The summed E-state index contributed by atoms with van der Waals surface area (Å²) in [5, 5.41) is 8.88. The van der Waals surface area contributed by atoms with Crippen LogP contribution in [0.3, 0.4) is 0 Å². The molecule has 1 amide bonds. The van der Waals surface area contributed by atoms with Gasteiger partial charge in [0.15, 0.2) is 0 Å². The molecule has 0 unspecified atom stereocenters. The normalized spacial score (nSPS) is 10.1. The number of amides is 1. The van der Waals surface area contributed by atoms with Gasteiger partial charge in [-0.25, -0.2) is 0 Å². The summed E-state index contributed by atoms with van der Waals surface area (Å²) in [4.78, 5) is 13.2. The molecular weight excluding hydrogens is 214 g/mol. The number of anilines is 1. The number of carbonyl (C=O) groups excluding carboxylic acids is 1. The highest BCUT2D eigenvalue weighted by Crippen LogP contribution is 2.15. The van der Waals surface area contributed by atoms with E-state index >= 15 is 0 Å². The molecule has 0 radical (unpaired) electrons. The maximum absolute atomic E-state index is 11.4. The van der Waals surface area contributed by atoms with Crippen molar-refractivity contribution in [3.05, 3.63) is 29.3 Å². The molecule has 1 aromatic carbocycles. The number of nitrogens with two attached hydrogens (primary N) is 1. The van der Waals surface area contributed by atoms with Gasteiger partial charge < -0.3 is 10.6 Å². The van der Waals surface area contributed by atoms with Crippen LogP contribution in [0.25, 0.3) is 0 Å². The lowest BCUT2D eigenvalue weighted by Gasteiger charge is -2.25. The third kappa shape index (κ3) is 3.22. The minimum Gasteiger partial charge on any atom is -0.398 e. The Labute approximate surface area is 102 Å². The third-order valence-electron chi connectivity index (χ3n) is 2.62. The van der Waals surface area contributed by atoms with E-state index in [-0.39, 0.29) is 11.9 Å². The van der Waals surface area contributed by atoms with E-state index in [9.17, 15) is 4.79 Å². The average Bonchev–Trinajstić information content (AvgIpc) is 2.26. The van der Waals surface area contributed by atoms with Crippen LogP contribution in [0.2, 0.25) is 0 Å². The Bertz CT molecular complexity index is 460. The number of carbonyl (C=O) groups is 1. The zero-order valence-corrected chi connectivity index (χ0v) is 10.4. The largest absolute Gasteiger partial charge is 0.398 e. The highest BCUT2D eigenvalue weighted by atomic mass is 16.2. The van der Waals surface area contributed by atoms with Crippen LogP contribution in [-0.4, -0.2) is 16.8 Å². The molecule has 0 bridgehead atoms. The maximum Gasteiger partial charge on any atom is 0.219 e. The zero-order chi connectivity index (χ0) is 13.0. The van der Waals surface area contributed by atoms with Gasteiger partial charge >= 0.3 is 0 Å². The van der Waals surface area contributed by atoms with Gasteiger partial charge in [-0.3, -0.25) is 4.79 Å². The first-order chi connectivity index (χ1) is 7.95. The van der Waals surface area contributed by atoms with E-state index in [1.54, 1.807) is 24.0 Å². The Hall–Kier alpha value is -2.02. The molecule has 0 aliphatic rings. The van der Waals surface area contributed by atoms with Gasteiger partial charge in [-0.1, -0.05) is 6.07 Å². The van der Waals surface area contributed by atoms with Crippen LogP contribution >= 0.6 is 0 Å². The number of benzene rings is 1. The van der Waals surface area contributed by atoms with Crippen molar-refractivity contribution < 1.29 is 4.79 Å². The molecule has 2 N–H and O–H groups in total. The van der Waals surface area contributed by atoms with E-state index in [4.69, 9.17) is 11.0 Å². The molecule has 0 saturated heterocycles. The topological polar surface area (TPSA) is 70.1 Å². The van der Waals surface area contributed by atoms with E-state index in [2.05, 4.69) is 0 Å². The summed E-state index contributed by atoms with van der Waals surface area (Å²) in [5.41, 5.74) is 7.48. The van der Waals surface area contributed by atoms with E-state index < -0.39 is 0 Å². The van der Waals surface area contributed by atoms with Gasteiger partial charge in [-0.05, 0) is 31.5 Å². The Morgan fingerprint density at radius 2 is 2.18 bits per heavy atom. The summed E-state index contributed by atoms with van der Waals surface area (Å²) < 4.78 is 0. The summed E-state index contributed by atoms with van der Waals surface area (Å²) in [6.45, 7) is 5.97. The number of hydrogen-bond acceptors (Lipinski definition) is 3. The summed E-state index contributed by atoms with van der Waals surface area (Å²) in [6.07, 6.45) is 0. The molecule has 0 fully saturated rings. The standard InChI is InChI=1S/C13H17N3O/c1-9(2)16(10(3)17)8-11-4-5-13(15)12(6-11)7-14/h4-6,9H,8,15H2,1-3H3. The van der Waals surface area contributed by atoms with E-state index in [0.29, 0.717) is 17.8 Å². The first-order valence-electron chi connectivity index (χ1n) is 5.51. The van der Waals surface area contributed by atoms with Gasteiger partial charge in [0, 0.05) is 25.2 Å². The van der Waals surface area contributed by atoms with Gasteiger partial charge in [0.2, 0.25) is 5.91 Å². The van der Waals surface area contributed by atoms with Crippen molar-refractivity contribution in [2.24, 2.45) is 0 Å². The molecule has 4 heteroatoms. The van der Waals surface area contributed by atoms with Crippen LogP contribution in [-0.2, 0) is 11.3 Å². The molecule has 0 aliphatic carbocycles. The van der Waals surface area contributed by atoms with Gasteiger partial charge in [-0.2, -0.15) is 5.26 Å². The summed E-state index contributed by atoms with van der Waals surface area (Å²) in [6, 6.07) is 7.45. The van der Waals surface area contributed by atoms with Crippen LogP contribution in [0.1, 0.15) is 31.9 Å². The summed E-state index contributed by atoms with van der Waals surface area (Å²) in [5.74, 6) is 0.0235. The van der Waals surface area contributed by atoms with Crippen molar-refractivity contribution >= 4 is 11.6 Å². The predicted octanol–water partition coefficient (Wildman–Crippen LogP) is 1.90. The third-order valence-corrected chi connectivity index (χ3v) is 2.62. The SMILES string of the molecule is CC(=O)N(Cc1ccc(N)c(C#N)c1)C(C)C. The average molecular weight is 231 g/mol. The molecule has 0 aliphatic heterocycles. The van der Waals surface area contributed by atoms with Crippen LogP contribution < -0.4 is 5.73 Å². The van der Waals surface area contributed by atoms with Crippen molar-refractivity contribution in [2.75, 3.05) is 5.73 Å². The molecule has 0 atom stereocenters. The molecule has 0 spiro atoms. The number of hydrogen-bond donors (Lipinski definition) is 1. The second-order valence-corrected chi connectivity index (χ2v) is 4.27. The number of nitriles is 1. The zero-order valence-electron chi connectivity index (χ0n) is 10.4. The van der Waals surface area contributed by atoms with Gasteiger partial charge in [-0.15, -0.1) is 0 Å². The molecule has 0 aromatic heterocycles. The van der Waals surface area contributed by atoms with Crippen molar-refractivity contribution in [2.45, 2.75) is 33.4 Å². The molecule has 0 saturated carbocycles. The second-order valence-electron chi connectivity index (χ2n) is 4.27. The van der Waals surface area contributed by atoms with Gasteiger partial charge in [0.05, 0.1) is 5.56 Å². The smallest absolute Gasteiger partial charge is 0.219 e. The van der Waals surface area contributed by atoms with E-state index in [1.807, 2.05) is 26.0 Å². The minimum atomic E-state index is 0.0235. The number of nitrogens with zero attached hydrogens (tertiary/aromatic N) is 2. The fraction of sp³-hybridized carbons (Fsp3) is 0.385. The van der Waals surface area contributed by atoms with E-state index in [0.717, 1.165) is 5.56 Å². The molecule has 17 heavy (non-hydrogen) atoms. The number of nitrogen functional groups attached to an aromatic ring is 1. The second kappa shape index (κ2) is 5.35. The Balaban J connectivity index is 2.95.